The molecule has 1 aliphatic carbocycles. The number of amides is 1. The van der Waals surface area contributed by atoms with Crippen LogP contribution >= 0.6 is 0 Å². The van der Waals surface area contributed by atoms with E-state index in [2.05, 4.69) is 52.3 Å². The van der Waals surface area contributed by atoms with Crippen molar-refractivity contribution < 1.29 is 9.53 Å². The Kier molecular flexibility index (Phi) is 5.12. The first-order valence-corrected chi connectivity index (χ1v) is 10.1. The molecule has 0 spiro atoms. The van der Waals surface area contributed by atoms with Crippen molar-refractivity contribution in [1.82, 2.24) is 9.88 Å². The topological polar surface area (TPSA) is 43.3 Å². The second-order valence-electron chi connectivity index (χ2n) is 7.98. The van der Waals surface area contributed by atoms with Gasteiger partial charge in [0, 0.05) is 35.1 Å². The highest BCUT2D eigenvalue weighted by Crippen LogP contribution is 2.35. The van der Waals surface area contributed by atoms with Gasteiger partial charge in [0.25, 0.3) is 0 Å². The van der Waals surface area contributed by atoms with Gasteiger partial charge >= 0.3 is 0 Å². The van der Waals surface area contributed by atoms with Crippen LogP contribution in [-0.4, -0.2) is 23.6 Å². The van der Waals surface area contributed by atoms with Crippen molar-refractivity contribution in [2.24, 2.45) is 5.92 Å². The van der Waals surface area contributed by atoms with Crippen LogP contribution in [0.4, 0.5) is 0 Å². The zero-order valence-corrected chi connectivity index (χ0v) is 16.9. The highest BCUT2D eigenvalue weighted by atomic mass is 16.5. The van der Waals surface area contributed by atoms with E-state index in [0.717, 1.165) is 31.6 Å². The number of ether oxygens (including phenoxy) is 1. The molecular formula is C24H28N2O2. The van der Waals surface area contributed by atoms with Crippen molar-refractivity contribution in [3.63, 3.8) is 0 Å². The zero-order chi connectivity index (χ0) is 19.7. The number of fused-ring (bicyclic) bond motifs is 3. The van der Waals surface area contributed by atoms with Gasteiger partial charge in [-0.1, -0.05) is 44.2 Å². The molecule has 0 aliphatic heterocycles. The first-order chi connectivity index (χ1) is 13.6. The number of benzene rings is 2. The smallest absolute Gasteiger partial charge is 0.222 e. The van der Waals surface area contributed by atoms with Gasteiger partial charge in [-0.2, -0.15) is 0 Å². The van der Waals surface area contributed by atoms with Gasteiger partial charge in [-0.3, -0.25) is 4.79 Å². The monoisotopic (exact) mass is 376 g/mol. The lowest BCUT2D eigenvalue weighted by atomic mass is 9.91. The maximum Gasteiger partial charge on any atom is 0.222 e. The molecule has 0 bridgehead atoms. The molecule has 146 valence electrons. The maximum absolute atomic E-state index is 12.2. The van der Waals surface area contributed by atoms with E-state index in [9.17, 15) is 4.79 Å². The Morgan fingerprint density at radius 1 is 1.21 bits per heavy atom. The number of methoxy groups -OCH3 is 1. The van der Waals surface area contributed by atoms with E-state index in [0.29, 0.717) is 0 Å². The summed E-state index contributed by atoms with van der Waals surface area (Å²) in [6.07, 6.45) is 2.83. The molecule has 0 fully saturated rings. The zero-order valence-electron chi connectivity index (χ0n) is 16.9. The Labute approximate surface area is 166 Å². The Morgan fingerprint density at radius 2 is 2.00 bits per heavy atom. The minimum Gasteiger partial charge on any atom is -0.497 e. The molecule has 4 heteroatoms. The van der Waals surface area contributed by atoms with Crippen LogP contribution in [0.25, 0.3) is 10.9 Å². The fourth-order valence-corrected chi connectivity index (χ4v) is 4.19. The molecular weight excluding hydrogens is 348 g/mol. The van der Waals surface area contributed by atoms with E-state index in [1.807, 2.05) is 19.9 Å². The van der Waals surface area contributed by atoms with E-state index in [1.165, 1.54) is 27.7 Å². The molecule has 4 nitrogen and oxygen atoms in total. The maximum atomic E-state index is 12.2. The molecule has 1 amide bonds. The summed E-state index contributed by atoms with van der Waals surface area (Å²) in [5.74, 6) is 1.03. The van der Waals surface area contributed by atoms with Gasteiger partial charge in [0.15, 0.2) is 0 Å². The van der Waals surface area contributed by atoms with E-state index >= 15 is 0 Å². The Morgan fingerprint density at radius 3 is 2.71 bits per heavy atom. The van der Waals surface area contributed by atoms with Gasteiger partial charge in [0.05, 0.1) is 7.11 Å². The van der Waals surface area contributed by atoms with Crippen LogP contribution in [-0.2, 0) is 24.2 Å². The lowest BCUT2D eigenvalue weighted by Gasteiger charge is -2.26. The van der Waals surface area contributed by atoms with Crippen molar-refractivity contribution in [1.29, 1.82) is 0 Å². The number of hydrogen-bond acceptors (Lipinski definition) is 2. The third kappa shape index (κ3) is 3.51. The quantitative estimate of drug-likeness (QED) is 0.720. The van der Waals surface area contributed by atoms with E-state index in [-0.39, 0.29) is 17.9 Å². The summed E-state index contributed by atoms with van der Waals surface area (Å²) in [5.41, 5.74) is 5.28. The molecule has 1 heterocycles. The number of carbonyl (C=O) groups excluding carboxylic acids is 1. The summed E-state index contributed by atoms with van der Waals surface area (Å²) in [5, 5.41) is 4.48. The third-order valence-corrected chi connectivity index (χ3v) is 5.73. The minimum atomic E-state index is 0.0147. The van der Waals surface area contributed by atoms with Crippen LogP contribution in [0.5, 0.6) is 5.75 Å². The van der Waals surface area contributed by atoms with Gasteiger partial charge in [-0.15, -0.1) is 0 Å². The highest BCUT2D eigenvalue weighted by Gasteiger charge is 2.27. The summed E-state index contributed by atoms with van der Waals surface area (Å²) < 4.78 is 7.93. The second-order valence-corrected chi connectivity index (χ2v) is 7.98. The molecule has 0 saturated heterocycles. The van der Waals surface area contributed by atoms with E-state index < -0.39 is 0 Å². The second kappa shape index (κ2) is 7.70. The lowest BCUT2D eigenvalue weighted by Crippen LogP contribution is -2.41. The van der Waals surface area contributed by atoms with Gasteiger partial charge < -0.3 is 14.6 Å². The molecule has 0 radical (unpaired) electrons. The van der Waals surface area contributed by atoms with Crippen LogP contribution in [0.15, 0.2) is 48.5 Å². The molecule has 1 aromatic heterocycles. The van der Waals surface area contributed by atoms with Crippen molar-refractivity contribution in [3.8, 4) is 5.75 Å². The standard InChI is InChI=1S/C24H28N2O2/c1-16(2)24(27)25-18-9-11-22-20(13-18)21-14-19(28-3)10-12-23(21)26(22)15-17-7-5-4-6-8-17/h4-8,10,12,14,16,18H,9,11,13,15H2,1-3H3,(H,25,27). The van der Waals surface area contributed by atoms with Crippen LogP contribution in [0.3, 0.4) is 0 Å². The van der Waals surface area contributed by atoms with Crippen LogP contribution in [0, 0.1) is 5.92 Å². The van der Waals surface area contributed by atoms with Gasteiger partial charge in [-0.25, -0.2) is 0 Å². The number of rotatable bonds is 5. The molecule has 1 N–H and O–H groups in total. The summed E-state index contributed by atoms with van der Waals surface area (Å²) in [7, 11) is 1.71. The Bertz CT molecular complexity index is 989. The van der Waals surface area contributed by atoms with Crippen molar-refractivity contribution in [2.45, 2.75) is 45.7 Å². The molecule has 4 rings (SSSR count). The van der Waals surface area contributed by atoms with Gasteiger partial charge in [0.1, 0.15) is 5.75 Å². The first kappa shape index (κ1) is 18.6. The summed E-state index contributed by atoms with van der Waals surface area (Å²) in [6, 6.07) is 17.1. The van der Waals surface area contributed by atoms with E-state index in [4.69, 9.17) is 4.74 Å². The normalized spacial score (nSPS) is 16.2. The molecule has 0 saturated carbocycles. The fraction of sp³-hybridized carbons (Fsp3) is 0.375. The predicted molar refractivity (Wildman–Crippen MR) is 113 cm³/mol. The van der Waals surface area contributed by atoms with Crippen molar-refractivity contribution in [3.05, 3.63) is 65.4 Å². The number of carbonyl (C=O) groups is 1. The average molecular weight is 377 g/mol. The highest BCUT2D eigenvalue weighted by molar-refractivity contribution is 5.87. The Balaban J connectivity index is 1.74. The minimum absolute atomic E-state index is 0.0147. The fourth-order valence-electron chi connectivity index (χ4n) is 4.19. The van der Waals surface area contributed by atoms with Crippen LogP contribution in [0.1, 0.15) is 37.1 Å². The summed E-state index contributed by atoms with van der Waals surface area (Å²) >= 11 is 0. The lowest BCUT2D eigenvalue weighted by molar-refractivity contribution is -0.124. The average Bonchev–Trinajstić information content (AvgIpc) is 3.01. The molecule has 1 unspecified atom stereocenters. The third-order valence-electron chi connectivity index (χ3n) is 5.73. The SMILES string of the molecule is COc1ccc2c(c1)c1c(n2Cc2ccccc2)CCC(NC(=O)C(C)C)C1. The largest absolute Gasteiger partial charge is 0.497 e. The molecule has 28 heavy (non-hydrogen) atoms. The predicted octanol–water partition coefficient (Wildman–Crippen LogP) is 4.33. The number of nitrogens with one attached hydrogen (secondary N) is 1. The van der Waals surface area contributed by atoms with E-state index in [1.54, 1.807) is 7.11 Å². The van der Waals surface area contributed by atoms with Crippen molar-refractivity contribution >= 4 is 16.8 Å². The Hall–Kier alpha value is -2.75. The number of hydrogen-bond donors (Lipinski definition) is 1. The first-order valence-electron chi connectivity index (χ1n) is 10.1. The number of nitrogens with zero attached hydrogens (tertiary/aromatic N) is 1. The van der Waals surface area contributed by atoms with Gasteiger partial charge in [-0.05, 0) is 48.6 Å². The van der Waals surface area contributed by atoms with Crippen LogP contribution < -0.4 is 10.1 Å². The molecule has 1 aliphatic rings. The molecule has 1 atom stereocenters. The summed E-state index contributed by atoms with van der Waals surface area (Å²) in [4.78, 5) is 12.2. The molecule has 2 aromatic carbocycles. The molecule has 3 aromatic rings. The van der Waals surface area contributed by atoms with Crippen LogP contribution in [0.2, 0.25) is 0 Å². The summed E-state index contributed by atoms with van der Waals surface area (Å²) in [6.45, 7) is 4.75. The number of aromatic nitrogens is 1. The van der Waals surface area contributed by atoms with Gasteiger partial charge in [0.2, 0.25) is 5.91 Å². The van der Waals surface area contributed by atoms with Crippen molar-refractivity contribution in [2.75, 3.05) is 7.11 Å².